The Kier molecular flexibility index (Phi) is 7.95. The molecule has 8 heteroatoms. The number of ether oxygens (including phenoxy) is 2. The van der Waals surface area contributed by atoms with Crippen LogP contribution in [0.5, 0.6) is 5.75 Å². The topological polar surface area (TPSA) is 45.2 Å². The molecular weight excluding hydrogens is 476 g/mol. The van der Waals surface area contributed by atoms with Crippen molar-refractivity contribution in [3.05, 3.63) is 54.1 Å². The number of anilines is 2. The van der Waals surface area contributed by atoms with Gasteiger partial charge in [-0.05, 0) is 81.0 Å². The van der Waals surface area contributed by atoms with Crippen LogP contribution in [0.2, 0.25) is 0 Å². The molecule has 0 saturated carbocycles. The van der Waals surface area contributed by atoms with Crippen LogP contribution in [0, 0.1) is 17.6 Å². The predicted octanol–water partition coefficient (Wildman–Crippen LogP) is 4.87. The zero-order valence-corrected chi connectivity index (χ0v) is 21.6. The third-order valence-corrected chi connectivity index (χ3v) is 7.97. The van der Waals surface area contributed by atoms with Crippen LogP contribution < -0.4 is 14.5 Å². The second-order valence-electron chi connectivity index (χ2n) is 10.8. The molecule has 2 aromatic rings. The summed E-state index contributed by atoms with van der Waals surface area (Å²) in [5.74, 6) is -0.418. The van der Waals surface area contributed by atoms with E-state index in [0.717, 1.165) is 75.0 Å². The Labute approximate surface area is 218 Å². The van der Waals surface area contributed by atoms with E-state index in [-0.39, 0.29) is 12.5 Å². The van der Waals surface area contributed by atoms with Gasteiger partial charge in [0.1, 0.15) is 12.4 Å². The molecular formula is C29H37F2N3O3. The number of hydrogen-bond acceptors (Lipinski definition) is 5. The smallest absolute Gasteiger partial charge is 0.253 e. The predicted molar refractivity (Wildman–Crippen MR) is 140 cm³/mol. The van der Waals surface area contributed by atoms with Gasteiger partial charge in [0.15, 0.2) is 11.6 Å². The fourth-order valence-corrected chi connectivity index (χ4v) is 5.80. The van der Waals surface area contributed by atoms with E-state index in [1.807, 2.05) is 12.1 Å². The van der Waals surface area contributed by atoms with Crippen LogP contribution in [0.4, 0.5) is 20.2 Å². The summed E-state index contributed by atoms with van der Waals surface area (Å²) in [4.78, 5) is 18.9. The molecule has 0 aromatic heterocycles. The van der Waals surface area contributed by atoms with Gasteiger partial charge in [0.05, 0.1) is 18.8 Å². The number of likely N-dealkylation sites (tertiary alicyclic amines) is 1. The van der Waals surface area contributed by atoms with Crippen molar-refractivity contribution in [1.82, 2.24) is 4.90 Å². The minimum atomic E-state index is -0.954. The number of benzene rings is 2. The van der Waals surface area contributed by atoms with Crippen LogP contribution in [-0.2, 0) is 9.53 Å². The first-order chi connectivity index (χ1) is 17.9. The van der Waals surface area contributed by atoms with Gasteiger partial charge in [0, 0.05) is 43.6 Å². The van der Waals surface area contributed by atoms with Gasteiger partial charge < -0.3 is 24.2 Å². The maximum atomic E-state index is 13.8. The molecule has 3 saturated heterocycles. The van der Waals surface area contributed by atoms with Crippen LogP contribution >= 0.6 is 0 Å². The van der Waals surface area contributed by atoms with E-state index in [1.54, 1.807) is 0 Å². The molecule has 37 heavy (non-hydrogen) atoms. The van der Waals surface area contributed by atoms with Crippen molar-refractivity contribution >= 4 is 17.3 Å². The van der Waals surface area contributed by atoms with E-state index >= 15 is 0 Å². The first kappa shape index (κ1) is 25.9. The van der Waals surface area contributed by atoms with Gasteiger partial charge in [-0.25, -0.2) is 8.78 Å². The molecule has 6 nitrogen and oxygen atoms in total. The number of nitrogens with zero attached hydrogens (tertiary/aromatic N) is 3. The summed E-state index contributed by atoms with van der Waals surface area (Å²) < 4.78 is 39.2. The SMILES string of the molecule is C[C@H]1CCCN(CCCOc2ccc(N3CCC4(CC3)CN(c3ccc(F)c(F)c3)C(=O)CO4)cc2)C1. The Morgan fingerprint density at radius 1 is 1.03 bits per heavy atom. The molecule has 0 unspecified atom stereocenters. The minimum Gasteiger partial charge on any atom is -0.494 e. The Morgan fingerprint density at radius 2 is 1.78 bits per heavy atom. The number of halogens is 2. The van der Waals surface area contributed by atoms with Crippen LogP contribution in [0.1, 0.15) is 39.0 Å². The third-order valence-electron chi connectivity index (χ3n) is 7.97. The molecule has 3 fully saturated rings. The van der Waals surface area contributed by atoms with E-state index in [1.165, 1.54) is 36.9 Å². The van der Waals surface area contributed by atoms with E-state index in [9.17, 15) is 13.6 Å². The zero-order chi connectivity index (χ0) is 25.8. The first-order valence-electron chi connectivity index (χ1n) is 13.5. The molecule has 1 amide bonds. The summed E-state index contributed by atoms with van der Waals surface area (Å²) in [5.41, 5.74) is 1.02. The van der Waals surface area contributed by atoms with Crippen LogP contribution in [0.15, 0.2) is 42.5 Å². The van der Waals surface area contributed by atoms with Crippen molar-refractivity contribution in [1.29, 1.82) is 0 Å². The molecule has 0 N–H and O–H groups in total. The number of carbonyl (C=O) groups is 1. The molecule has 1 atom stereocenters. The van der Waals surface area contributed by atoms with Crippen LogP contribution in [0.3, 0.4) is 0 Å². The Hall–Kier alpha value is -2.71. The standard InChI is InChI=1S/C29H37F2N3O3/c1-22-4-2-13-32(19-22)14-3-17-36-25-8-5-23(6-9-25)33-15-11-29(12-16-33)21-34(28(35)20-37-29)24-7-10-26(30)27(31)18-24/h5-10,18,22H,2-4,11-17,19-21H2,1H3/t22-/m0/s1. The lowest BCUT2D eigenvalue weighted by atomic mass is 9.88. The monoisotopic (exact) mass is 513 g/mol. The molecule has 200 valence electrons. The highest BCUT2D eigenvalue weighted by Crippen LogP contribution is 2.35. The molecule has 3 heterocycles. The second kappa shape index (κ2) is 11.4. The second-order valence-corrected chi connectivity index (χ2v) is 10.8. The van der Waals surface area contributed by atoms with Crippen molar-refractivity contribution in [2.45, 2.75) is 44.6 Å². The average Bonchev–Trinajstić information content (AvgIpc) is 2.91. The van der Waals surface area contributed by atoms with Crippen molar-refractivity contribution < 1.29 is 23.0 Å². The fourth-order valence-electron chi connectivity index (χ4n) is 5.80. The summed E-state index contributed by atoms with van der Waals surface area (Å²) in [6.45, 7) is 8.43. The molecule has 0 bridgehead atoms. The Morgan fingerprint density at radius 3 is 2.51 bits per heavy atom. The largest absolute Gasteiger partial charge is 0.494 e. The zero-order valence-electron chi connectivity index (χ0n) is 21.6. The highest BCUT2D eigenvalue weighted by Gasteiger charge is 2.43. The molecule has 1 spiro atoms. The summed E-state index contributed by atoms with van der Waals surface area (Å²) in [6, 6.07) is 11.8. The third kappa shape index (κ3) is 6.24. The summed E-state index contributed by atoms with van der Waals surface area (Å²) in [7, 11) is 0. The van der Waals surface area contributed by atoms with E-state index in [0.29, 0.717) is 12.2 Å². The maximum Gasteiger partial charge on any atom is 0.253 e. The van der Waals surface area contributed by atoms with Gasteiger partial charge >= 0.3 is 0 Å². The van der Waals surface area contributed by atoms with Gasteiger partial charge in [0.2, 0.25) is 0 Å². The summed E-state index contributed by atoms with van der Waals surface area (Å²) in [6.07, 6.45) is 5.17. The number of rotatable bonds is 7. The number of morpholine rings is 1. The lowest BCUT2D eigenvalue weighted by molar-refractivity contribution is -0.141. The van der Waals surface area contributed by atoms with Crippen molar-refractivity contribution in [2.75, 3.05) is 62.3 Å². The van der Waals surface area contributed by atoms with Gasteiger partial charge in [-0.3, -0.25) is 4.79 Å². The highest BCUT2D eigenvalue weighted by molar-refractivity contribution is 5.95. The van der Waals surface area contributed by atoms with Crippen molar-refractivity contribution in [2.24, 2.45) is 5.92 Å². The van der Waals surface area contributed by atoms with E-state index < -0.39 is 17.2 Å². The van der Waals surface area contributed by atoms with Gasteiger partial charge in [-0.15, -0.1) is 0 Å². The fraction of sp³-hybridized carbons (Fsp3) is 0.552. The Bertz CT molecular complexity index is 1070. The molecule has 3 aliphatic heterocycles. The average molecular weight is 514 g/mol. The highest BCUT2D eigenvalue weighted by atomic mass is 19.2. The molecule has 5 rings (SSSR count). The summed E-state index contributed by atoms with van der Waals surface area (Å²) in [5, 5.41) is 0. The van der Waals surface area contributed by atoms with Crippen LogP contribution in [0.25, 0.3) is 0 Å². The van der Waals surface area contributed by atoms with E-state index in [4.69, 9.17) is 9.47 Å². The first-order valence-corrected chi connectivity index (χ1v) is 13.5. The maximum absolute atomic E-state index is 13.8. The molecule has 0 radical (unpaired) electrons. The van der Waals surface area contributed by atoms with Gasteiger partial charge in [-0.1, -0.05) is 6.92 Å². The van der Waals surface area contributed by atoms with Gasteiger partial charge in [0.25, 0.3) is 5.91 Å². The number of carbonyl (C=O) groups excluding carboxylic acids is 1. The number of amides is 1. The van der Waals surface area contributed by atoms with Gasteiger partial charge in [-0.2, -0.15) is 0 Å². The van der Waals surface area contributed by atoms with Crippen molar-refractivity contribution in [3.63, 3.8) is 0 Å². The normalized spacial score (nSPS) is 22.5. The lowest BCUT2D eigenvalue weighted by Crippen LogP contribution is -2.59. The Balaban J connectivity index is 1.10. The quantitative estimate of drug-likeness (QED) is 0.495. The number of hydrogen-bond donors (Lipinski definition) is 0. The minimum absolute atomic E-state index is 0.0538. The van der Waals surface area contributed by atoms with Crippen molar-refractivity contribution in [3.8, 4) is 5.75 Å². The summed E-state index contributed by atoms with van der Waals surface area (Å²) >= 11 is 0. The molecule has 2 aromatic carbocycles. The van der Waals surface area contributed by atoms with Crippen LogP contribution in [-0.4, -0.2) is 68.9 Å². The lowest BCUT2D eigenvalue weighted by Gasteiger charge is -2.47. The van der Waals surface area contributed by atoms with E-state index in [2.05, 4.69) is 28.9 Å². The molecule has 3 aliphatic rings. The number of piperidine rings is 2. The molecule has 0 aliphatic carbocycles.